The molecule has 1 aromatic carbocycles. The Hall–Kier alpha value is -0.850. The van der Waals surface area contributed by atoms with Crippen LogP contribution in [0.1, 0.15) is 13.3 Å². The average molecular weight is 321 g/mol. The molecule has 0 amide bonds. The van der Waals surface area contributed by atoms with E-state index in [4.69, 9.17) is 10.5 Å². The first-order chi connectivity index (χ1) is 8.35. The van der Waals surface area contributed by atoms with Crippen LogP contribution in [0.3, 0.4) is 0 Å². The highest BCUT2D eigenvalue weighted by Crippen LogP contribution is 2.27. The van der Waals surface area contributed by atoms with Crippen molar-refractivity contribution in [2.24, 2.45) is 0 Å². The molecule has 0 bridgehead atoms. The molecule has 4 nitrogen and oxygen atoms in total. The van der Waals surface area contributed by atoms with Crippen LogP contribution < -0.4 is 11.1 Å². The summed E-state index contributed by atoms with van der Waals surface area (Å²) in [5.74, 6) is -0.400. The lowest BCUT2D eigenvalue weighted by molar-refractivity contribution is 0.0357. The molecular weight excluding hydrogens is 303 g/mol. The summed E-state index contributed by atoms with van der Waals surface area (Å²) in [5, 5.41) is 13.0. The van der Waals surface area contributed by atoms with Gasteiger partial charge in [-0.05, 0) is 28.9 Å². The molecule has 0 aromatic heterocycles. The molecule has 1 rings (SSSR count). The molecule has 18 heavy (non-hydrogen) atoms. The molecular formula is C12H18BrFN2O2. The first-order valence-corrected chi connectivity index (χ1v) is 6.35. The van der Waals surface area contributed by atoms with Gasteiger partial charge in [-0.3, -0.25) is 0 Å². The molecule has 4 N–H and O–H groups in total. The van der Waals surface area contributed by atoms with Crippen molar-refractivity contribution >= 4 is 27.3 Å². The Bertz CT molecular complexity index is 413. The van der Waals surface area contributed by atoms with Crippen LogP contribution in [-0.2, 0) is 4.74 Å². The third-order valence-corrected chi connectivity index (χ3v) is 3.20. The SMILES string of the molecule is COCCC(C)(O)CNc1cc(F)c(Br)cc1N. The number of hydrogen-bond acceptors (Lipinski definition) is 4. The molecule has 102 valence electrons. The number of anilines is 2. The van der Waals surface area contributed by atoms with Gasteiger partial charge in [-0.2, -0.15) is 0 Å². The van der Waals surface area contributed by atoms with Gasteiger partial charge in [-0.15, -0.1) is 0 Å². The summed E-state index contributed by atoms with van der Waals surface area (Å²) in [5.41, 5.74) is 5.70. The fourth-order valence-corrected chi connectivity index (χ4v) is 1.77. The van der Waals surface area contributed by atoms with Crippen LogP contribution in [0.2, 0.25) is 0 Å². The molecule has 0 aliphatic heterocycles. The molecule has 1 aromatic rings. The Kier molecular flexibility index (Phi) is 5.37. The van der Waals surface area contributed by atoms with Gasteiger partial charge in [0.15, 0.2) is 0 Å². The fraction of sp³-hybridized carbons (Fsp3) is 0.500. The topological polar surface area (TPSA) is 67.5 Å². The Labute approximate surface area is 114 Å². The second-order valence-corrected chi connectivity index (χ2v) is 5.30. The van der Waals surface area contributed by atoms with Gasteiger partial charge in [0.25, 0.3) is 0 Å². The summed E-state index contributed by atoms with van der Waals surface area (Å²) in [6, 6.07) is 2.79. The number of nitrogen functional groups attached to an aromatic ring is 1. The van der Waals surface area contributed by atoms with Crippen LogP contribution in [-0.4, -0.2) is 31.0 Å². The number of hydrogen-bond donors (Lipinski definition) is 3. The summed E-state index contributed by atoms with van der Waals surface area (Å²) in [7, 11) is 1.57. The van der Waals surface area contributed by atoms with Gasteiger partial charge < -0.3 is 20.9 Å². The third kappa shape index (κ3) is 4.44. The first-order valence-electron chi connectivity index (χ1n) is 5.55. The van der Waals surface area contributed by atoms with Gasteiger partial charge in [0.05, 0.1) is 21.4 Å². The molecule has 0 spiro atoms. The van der Waals surface area contributed by atoms with Gasteiger partial charge in [0.1, 0.15) is 5.82 Å². The highest BCUT2D eigenvalue weighted by Gasteiger charge is 2.20. The molecule has 0 heterocycles. The quantitative estimate of drug-likeness (QED) is 0.704. The van der Waals surface area contributed by atoms with Gasteiger partial charge in [0, 0.05) is 32.7 Å². The maximum Gasteiger partial charge on any atom is 0.139 e. The van der Waals surface area contributed by atoms with Crippen LogP contribution in [0.25, 0.3) is 0 Å². The number of ether oxygens (including phenoxy) is 1. The maximum atomic E-state index is 13.4. The van der Waals surface area contributed by atoms with E-state index in [1.54, 1.807) is 14.0 Å². The smallest absolute Gasteiger partial charge is 0.139 e. The van der Waals surface area contributed by atoms with Crippen molar-refractivity contribution in [3.8, 4) is 0 Å². The van der Waals surface area contributed by atoms with Crippen molar-refractivity contribution < 1.29 is 14.2 Å². The Morgan fingerprint density at radius 1 is 1.56 bits per heavy atom. The number of aliphatic hydroxyl groups is 1. The van der Waals surface area contributed by atoms with E-state index in [1.165, 1.54) is 12.1 Å². The zero-order valence-electron chi connectivity index (χ0n) is 10.5. The average Bonchev–Trinajstić information content (AvgIpc) is 2.30. The van der Waals surface area contributed by atoms with E-state index in [9.17, 15) is 9.50 Å². The van der Waals surface area contributed by atoms with Crippen molar-refractivity contribution in [3.05, 3.63) is 22.4 Å². The van der Waals surface area contributed by atoms with Crippen LogP contribution in [0, 0.1) is 5.82 Å². The van der Waals surface area contributed by atoms with Gasteiger partial charge in [0.2, 0.25) is 0 Å². The predicted molar refractivity (Wildman–Crippen MR) is 74.1 cm³/mol. The summed E-state index contributed by atoms with van der Waals surface area (Å²) >= 11 is 3.06. The molecule has 1 atom stereocenters. The normalized spacial score (nSPS) is 14.3. The summed E-state index contributed by atoms with van der Waals surface area (Å²) < 4.78 is 18.6. The van der Waals surface area contributed by atoms with Crippen molar-refractivity contribution in [1.82, 2.24) is 0 Å². The predicted octanol–water partition coefficient (Wildman–Crippen LogP) is 2.37. The van der Waals surface area contributed by atoms with E-state index in [1.807, 2.05) is 0 Å². The zero-order valence-corrected chi connectivity index (χ0v) is 12.1. The van der Waals surface area contributed by atoms with Crippen LogP contribution in [0.5, 0.6) is 0 Å². The van der Waals surface area contributed by atoms with Crippen LogP contribution in [0.15, 0.2) is 16.6 Å². The molecule has 0 aliphatic carbocycles. The van der Waals surface area contributed by atoms with E-state index in [-0.39, 0.29) is 6.54 Å². The number of methoxy groups -OCH3 is 1. The molecule has 0 saturated carbocycles. The van der Waals surface area contributed by atoms with Crippen molar-refractivity contribution in [3.63, 3.8) is 0 Å². The molecule has 0 aliphatic rings. The van der Waals surface area contributed by atoms with Crippen LogP contribution in [0.4, 0.5) is 15.8 Å². The standard InChI is InChI=1S/C12H18BrFN2O2/c1-12(17,3-4-18-2)7-16-11-6-9(14)8(13)5-10(11)15/h5-6,16-17H,3-4,7,15H2,1-2H3. The second-order valence-electron chi connectivity index (χ2n) is 4.45. The Balaban J connectivity index is 2.66. The summed E-state index contributed by atoms with van der Waals surface area (Å²) in [6.45, 7) is 2.41. The number of nitrogens with two attached hydrogens (primary N) is 1. The zero-order chi connectivity index (χ0) is 13.8. The summed E-state index contributed by atoms with van der Waals surface area (Å²) in [4.78, 5) is 0. The maximum absolute atomic E-state index is 13.4. The van der Waals surface area contributed by atoms with Gasteiger partial charge >= 0.3 is 0 Å². The summed E-state index contributed by atoms with van der Waals surface area (Å²) in [6.07, 6.45) is 0.482. The van der Waals surface area contributed by atoms with E-state index in [0.29, 0.717) is 28.9 Å². The molecule has 0 radical (unpaired) electrons. The van der Waals surface area contributed by atoms with Crippen molar-refractivity contribution in [2.75, 3.05) is 31.3 Å². The van der Waals surface area contributed by atoms with Gasteiger partial charge in [-0.1, -0.05) is 0 Å². The van der Waals surface area contributed by atoms with Gasteiger partial charge in [-0.25, -0.2) is 4.39 Å². The van der Waals surface area contributed by atoms with E-state index >= 15 is 0 Å². The van der Waals surface area contributed by atoms with E-state index in [2.05, 4.69) is 21.2 Å². The Morgan fingerprint density at radius 2 is 2.22 bits per heavy atom. The second kappa shape index (κ2) is 6.36. The lowest BCUT2D eigenvalue weighted by Gasteiger charge is -2.24. The molecule has 6 heteroatoms. The van der Waals surface area contributed by atoms with Crippen molar-refractivity contribution in [1.29, 1.82) is 0 Å². The highest BCUT2D eigenvalue weighted by molar-refractivity contribution is 9.10. The highest BCUT2D eigenvalue weighted by atomic mass is 79.9. The lowest BCUT2D eigenvalue weighted by atomic mass is 10.0. The minimum atomic E-state index is -0.938. The minimum absolute atomic E-state index is 0.266. The Morgan fingerprint density at radius 3 is 2.83 bits per heavy atom. The lowest BCUT2D eigenvalue weighted by Crippen LogP contribution is -2.34. The van der Waals surface area contributed by atoms with Crippen molar-refractivity contribution in [2.45, 2.75) is 18.9 Å². The van der Waals surface area contributed by atoms with E-state index < -0.39 is 11.4 Å². The van der Waals surface area contributed by atoms with E-state index in [0.717, 1.165) is 0 Å². The van der Waals surface area contributed by atoms with Crippen LogP contribution >= 0.6 is 15.9 Å². The fourth-order valence-electron chi connectivity index (χ4n) is 1.41. The number of benzene rings is 1. The monoisotopic (exact) mass is 320 g/mol. The minimum Gasteiger partial charge on any atom is -0.397 e. The number of halogens is 2. The first kappa shape index (κ1) is 15.2. The number of rotatable bonds is 6. The molecule has 0 fully saturated rings. The number of nitrogens with one attached hydrogen (secondary N) is 1. The molecule has 1 unspecified atom stereocenters. The third-order valence-electron chi connectivity index (χ3n) is 2.60. The molecule has 0 saturated heterocycles. The largest absolute Gasteiger partial charge is 0.397 e.